The molecule has 0 bridgehead atoms. The third-order valence-electron chi connectivity index (χ3n) is 1.41. The van der Waals surface area contributed by atoms with E-state index in [0.29, 0.717) is 5.11 Å². The maximum Gasteiger partial charge on any atom is 0.186 e. The van der Waals surface area contributed by atoms with Crippen molar-refractivity contribution in [3.05, 3.63) is 35.9 Å². The van der Waals surface area contributed by atoms with Crippen molar-refractivity contribution in [1.29, 1.82) is 0 Å². The summed E-state index contributed by atoms with van der Waals surface area (Å²) in [6.07, 6.45) is 1.71. The lowest BCUT2D eigenvalue weighted by Crippen LogP contribution is -2.28. The summed E-state index contributed by atoms with van der Waals surface area (Å²) in [5.74, 6) is 0. The Morgan fingerprint density at radius 2 is 2.08 bits per heavy atom. The molecule has 0 heterocycles. The SMILES string of the molecule is CNC(=S)N/N=C\c1ccccc1. The lowest BCUT2D eigenvalue weighted by molar-refractivity contribution is 0.982. The van der Waals surface area contributed by atoms with Crippen molar-refractivity contribution in [3.8, 4) is 0 Å². The van der Waals surface area contributed by atoms with Gasteiger partial charge in [-0.25, -0.2) is 0 Å². The summed E-state index contributed by atoms with van der Waals surface area (Å²) >= 11 is 4.83. The van der Waals surface area contributed by atoms with Gasteiger partial charge in [-0.05, 0) is 17.8 Å². The smallest absolute Gasteiger partial charge is 0.186 e. The van der Waals surface area contributed by atoms with Crippen LogP contribution in [0.2, 0.25) is 0 Å². The second kappa shape index (κ2) is 5.27. The van der Waals surface area contributed by atoms with Crippen molar-refractivity contribution in [2.75, 3.05) is 7.05 Å². The third-order valence-corrected chi connectivity index (χ3v) is 1.70. The molecule has 1 aromatic carbocycles. The molecule has 0 aromatic heterocycles. The third kappa shape index (κ3) is 3.66. The minimum atomic E-state index is 0.507. The zero-order valence-electron chi connectivity index (χ0n) is 7.32. The number of benzene rings is 1. The molecule has 0 unspecified atom stereocenters. The Labute approximate surface area is 82.9 Å². The van der Waals surface area contributed by atoms with E-state index < -0.39 is 0 Å². The van der Waals surface area contributed by atoms with E-state index in [1.165, 1.54) is 0 Å². The predicted molar refractivity (Wildman–Crippen MR) is 58.8 cm³/mol. The fourth-order valence-corrected chi connectivity index (χ4v) is 0.813. The van der Waals surface area contributed by atoms with E-state index in [0.717, 1.165) is 5.56 Å². The highest BCUT2D eigenvalue weighted by atomic mass is 32.1. The predicted octanol–water partition coefficient (Wildman–Crippen LogP) is 1.11. The lowest BCUT2D eigenvalue weighted by atomic mass is 10.2. The van der Waals surface area contributed by atoms with Crippen molar-refractivity contribution >= 4 is 23.5 Å². The molecular formula is C9H11N3S. The summed E-state index contributed by atoms with van der Waals surface area (Å²) in [5.41, 5.74) is 3.71. The summed E-state index contributed by atoms with van der Waals surface area (Å²) in [6.45, 7) is 0. The van der Waals surface area contributed by atoms with E-state index in [4.69, 9.17) is 12.2 Å². The number of nitrogens with zero attached hydrogens (tertiary/aromatic N) is 1. The Morgan fingerprint density at radius 1 is 1.38 bits per heavy atom. The van der Waals surface area contributed by atoms with Crippen molar-refractivity contribution in [2.24, 2.45) is 5.10 Å². The number of hydrazone groups is 1. The van der Waals surface area contributed by atoms with E-state index in [2.05, 4.69) is 15.8 Å². The van der Waals surface area contributed by atoms with Crippen LogP contribution < -0.4 is 10.7 Å². The van der Waals surface area contributed by atoms with E-state index in [9.17, 15) is 0 Å². The maximum absolute atomic E-state index is 4.83. The molecule has 3 nitrogen and oxygen atoms in total. The van der Waals surface area contributed by atoms with Gasteiger partial charge >= 0.3 is 0 Å². The molecule has 0 spiro atoms. The molecule has 68 valence electrons. The Balaban J connectivity index is 2.45. The molecule has 0 amide bonds. The summed E-state index contributed by atoms with van der Waals surface area (Å²) in [6, 6.07) is 9.81. The molecule has 1 rings (SSSR count). The van der Waals surface area contributed by atoms with Crippen LogP contribution in [-0.2, 0) is 0 Å². The van der Waals surface area contributed by atoms with Gasteiger partial charge in [-0.3, -0.25) is 5.43 Å². The molecule has 0 fully saturated rings. The van der Waals surface area contributed by atoms with Gasteiger partial charge in [-0.15, -0.1) is 0 Å². The average molecular weight is 193 g/mol. The summed E-state index contributed by atoms with van der Waals surface area (Å²) in [7, 11) is 1.74. The maximum atomic E-state index is 4.83. The van der Waals surface area contributed by atoms with E-state index in [-0.39, 0.29) is 0 Å². The van der Waals surface area contributed by atoms with Crippen LogP contribution >= 0.6 is 12.2 Å². The summed E-state index contributed by atoms with van der Waals surface area (Å²) in [4.78, 5) is 0. The second-order valence-corrected chi connectivity index (χ2v) is 2.77. The zero-order valence-corrected chi connectivity index (χ0v) is 8.14. The van der Waals surface area contributed by atoms with Crippen LogP contribution in [0.4, 0.5) is 0 Å². The Hall–Kier alpha value is -1.42. The molecule has 0 atom stereocenters. The molecule has 4 heteroatoms. The first-order valence-electron chi connectivity index (χ1n) is 3.89. The molecule has 2 N–H and O–H groups in total. The van der Waals surface area contributed by atoms with Crippen LogP contribution in [0.5, 0.6) is 0 Å². The molecule has 0 aliphatic carbocycles. The van der Waals surface area contributed by atoms with Gasteiger partial charge in [0.2, 0.25) is 0 Å². The second-order valence-electron chi connectivity index (χ2n) is 2.36. The van der Waals surface area contributed by atoms with Gasteiger partial charge in [-0.1, -0.05) is 30.3 Å². The van der Waals surface area contributed by atoms with Gasteiger partial charge in [0.1, 0.15) is 0 Å². The van der Waals surface area contributed by atoms with E-state index >= 15 is 0 Å². The summed E-state index contributed by atoms with van der Waals surface area (Å²) in [5, 5.41) is 7.20. The minimum Gasteiger partial charge on any atom is -0.364 e. The molecule has 1 aromatic rings. The molecule has 0 saturated carbocycles. The number of thiocarbonyl (C=S) groups is 1. The van der Waals surface area contributed by atoms with Gasteiger partial charge in [0, 0.05) is 7.05 Å². The van der Waals surface area contributed by atoms with Crippen LogP contribution in [0.1, 0.15) is 5.56 Å². The van der Waals surface area contributed by atoms with Crippen LogP contribution in [0.15, 0.2) is 35.4 Å². The van der Waals surface area contributed by atoms with Gasteiger partial charge in [0.05, 0.1) is 6.21 Å². The van der Waals surface area contributed by atoms with Crippen LogP contribution in [-0.4, -0.2) is 18.4 Å². The van der Waals surface area contributed by atoms with Crippen LogP contribution in [0.3, 0.4) is 0 Å². The van der Waals surface area contributed by atoms with Crippen LogP contribution in [0.25, 0.3) is 0 Å². The number of rotatable bonds is 2. The number of hydrogen-bond donors (Lipinski definition) is 2. The number of hydrogen-bond acceptors (Lipinski definition) is 2. The van der Waals surface area contributed by atoms with Crippen molar-refractivity contribution in [1.82, 2.24) is 10.7 Å². The Morgan fingerprint density at radius 3 is 2.69 bits per heavy atom. The zero-order chi connectivity index (χ0) is 9.52. The van der Waals surface area contributed by atoms with Crippen molar-refractivity contribution in [2.45, 2.75) is 0 Å². The van der Waals surface area contributed by atoms with Gasteiger partial charge in [0.15, 0.2) is 5.11 Å². The van der Waals surface area contributed by atoms with Crippen molar-refractivity contribution < 1.29 is 0 Å². The molecule has 0 radical (unpaired) electrons. The lowest BCUT2D eigenvalue weighted by Gasteiger charge is -1.98. The number of nitrogens with one attached hydrogen (secondary N) is 2. The fourth-order valence-electron chi connectivity index (χ4n) is 0.760. The molecule has 0 aliphatic heterocycles. The molecule has 13 heavy (non-hydrogen) atoms. The molecule has 0 saturated heterocycles. The molecule has 0 aliphatic rings. The van der Waals surface area contributed by atoms with Gasteiger partial charge < -0.3 is 5.32 Å². The monoisotopic (exact) mass is 193 g/mol. The highest BCUT2D eigenvalue weighted by Gasteiger charge is 1.85. The summed E-state index contributed by atoms with van der Waals surface area (Å²) < 4.78 is 0. The fraction of sp³-hybridized carbons (Fsp3) is 0.111. The highest BCUT2D eigenvalue weighted by molar-refractivity contribution is 7.80. The minimum absolute atomic E-state index is 0.507. The highest BCUT2D eigenvalue weighted by Crippen LogP contribution is 1.92. The standard InChI is InChI=1S/C9H11N3S/c1-10-9(13)12-11-7-8-5-3-2-4-6-8/h2-7H,1H3,(H2,10,12,13)/b11-7-. The van der Waals surface area contributed by atoms with Crippen molar-refractivity contribution in [3.63, 3.8) is 0 Å². The van der Waals surface area contributed by atoms with E-state index in [1.54, 1.807) is 13.3 Å². The molecular weight excluding hydrogens is 182 g/mol. The quantitative estimate of drug-likeness (QED) is 0.420. The first-order valence-corrected chi connectivity index (χ1v) is 4.29. The normalized spacial score (nSPS) is 9.92. The van der Waals surface area contributed by atoms with Crippen LogP contribution in [0, 0.1) is 0 Å². The topological polar surface area (TPSA) is 36.4 Å². The van der Waals surface area contributed by atoms with Gasteiger partial charge in [0.25, 0.3) is 0 Å². The Bertz CT molecular complexity index is 295. The van der Waals surface area contributed by atoms with Gasteiger partial charge in [-0.2, -0.15) is 5.10 Å². The first kappa shape index (κ1) is 9.67. The average Bonchev–Trinajstić information content (AvgIpc) is 2.19. The van der Waals surface area contributed by atoms with E-state index in [1.807, 2.05) is 30.3 Å². The largest absolute Gasteiger partial charge is 0.364 e. The first-order chi connectivity index (χ1) is 6.33. The Kier molecular flexibility index (Phi) is 3.92.